The number of benzene rings is 1. The summed E-state index contributed by atoms with van der Waals surface area (Å²) in [5.74, 6) is -1.42. The molecule has 9 heteroatoms. The van der Waals surface area contributed by atoms with Crippen molar-refractivity contribution in [2.24, 2.45) is 7.05 Å². The highest BCUT2D eigenvalue weighted by Gasteiger charge is 2.37. The number of carbonyl (C=O) groups excluding carboxylic acids is 1. The third-order valence-corrected chi connectivity index (χ3v) is 3.92. The fraction of sp³-hybridized carbons (Fsp3) is 0.308. The molecule has 0 spiro atoms. The van der Waals surface area contributed by atoms with Gasteiger partial charge in [0.2, 0.25) is 11.7 Å². The summed E-state index contributed by atoms with van der Waals surface area (Å²) in [6, 6.07) is 8.79. The fourth-order valence-electron chi connectivity index (χ4n) is 1.64. The van der Waals surface area contributed by atoms with Crippen LogP contribution in [0.2, 0.25) is 0 Å². The van der Waals surface area contributed by atoms with Gasteiger partial charge in [-0.3, -0.25) is 4.79 Å². The summed E-state index contributed by atoms with van der Waals surface area (Å²) in [5.41, 5.74) is 0.619. The Labute approximate surface area is 128 Å². The summed E-state index contributed by atoms with van der Waals surface area (Å²) in [4.78, 5) is 12.0. The topological polar surface area (TPSA) is 59.8 Å². The largest absolute Gasteiger partial charge is 0.451 e. The molecule has 0 aliphatic heterocycles. The van der Waals surface area contributed by atoms with Gasteiger partial charge < -0.3 is 9.88 Å². The van der Waals surface area contributed by atoms with Crippen LogP contribution < -0.4 is 5.32 Å². The number of hydrogen-bond acceptors (Lipinski definition) is 4. The quantitative estimate of drug-likeness (QED) is 0.876. The van der Waals surface area contributed by atoms with Crippen LogP contribution in [0.1, 0.15) is 12.7 Å². The Morgan fingerprint density at radius 2 is 1.91 bits per heavy atom. The number of aromatic nitrogens is 3. The second-order valence-electron chi connectivity index (χ2n) is 4.48. The molecule has 0 saturated carbocycles. The van der Waals surface area contributed by atoms with Crippen molar-refractivity contribution < 1.29 is 18.0 Å². The SMILES string of the molecule is C[C@@H](Sc1nnc(C(F)(F)F)n1C)C(=O)Nc1ccccc1. The minimum Gasteiger partial charge on any atom is -0.325 e. The number of nitrogens with one attached hydrogen (secondary N) is 1. The molecule has 1 aromatic carbocycles. The molecule has 1 aromatic heterocycles. The van der Waals surface area contributed by atoms with Gasteiger partial charge in [0.1, 0.15) is 0 Å². The van der Waals surface area contributed by atoms with E-state index in [1.54, 1.807) is 31.2 Å². The third-order valence-electron chi connectivity index (χ3n) is 2.78. The van der Waals surface area contributed by atoms with E-state index in [9.17, 15) is 18.0 Å². The van der Waals surface area contributed by atoms with Crippen LogP contribution in [-0.2, 0) is 18.0 Å². The number of hydrogen-bond donors (Lipinski definition) is 1. The van der Waals surface area contributed by atoms with Crippen LogP contribution in [0.15, 0.2) is 35.5 Å². The molecule has 2 aromatic rings. The number of alkyl halides is 3. The zero-order valence-corrected chi connectivity index (χ0v) is 12.6. The van der Waals surface area contributed by atoms with E-state index in [2.05, 4.69) is 15.5 Å². The number of thioether (sulfide) groups is 1. The van der Waals surface area contributed by atoms with Crippen LogP contribution in [0.25, 0.3) is 0 Å². The highest BCUT2D eigenvalue weighted by molar-refractivity contribution is 8.00. The summed E-state index contributed by atoms with van der Waals surface area (Å²) >= 11 is 0.912. The van der Waals surface area contributed by atoms with Crippen molar-refractivity contribution in [1.29, 1.82) is 0 Å². The molecule has 22 heavy (non-hydrogen) atoms. The summed E-state index contributed by atoms with van der Waals surface area (Å²) in [6.45, 7) is 1.59. The molecule has 1 atom stereocenters. The van der Waals surface area contributed by atoms with Gasteiger partial charge in [-0.2, -0.15) is 13.2 Å². The minimum absolute atomic E-state index is 0.0306. The van der Waals surface area contributed by atoms with E-state index in [0.29, 0.717) is 5.69 Å². The van der Waals surface area contributed by atoms with Gasteiger partial charge in [-0.1, -0.05) is 30.0 Å². The van der Waals surface area contributed by atoms with Gasteiger partial charge in [-0.05, 0) is 19.1 Å². The molecule has 1 amide bonds. The first-order valence-electron chi connectivity index (χ1n) is 6.28. The summed E-state index contributed by atoms with van der Waals surface area (Å²) in [5, 5.41) is 8.69. The number of rotatable bonds is 4. The lowest BCUT2D eigenvalue weighted by Gasteiger charge is -2.12. The van der Waals surface area contributed by atoms with E-state index in [-0.39, 0.29) is 11.1 Å². The van der Waals surface area contributed by atoms with Crippen molar-refractivity contribution in [3.63, 3.8) is 0 Å². The Morgan fingerprint density at radius 1 is 1.27 bits per heavy atom. The van der Waals surface area contributed by atoms with Crippen molar-refractivity contribution in [3.05, 3.63) is 36.2 Å². The van der Waals surface area contributed by atoms with Gasteiger partial charge in [0, 0.05) is 12.7 Å². The van der Waals surface area contributed by atoms with Crippen molar-refractivity contribution in [3.8, 4) is 0 Å². The van der Waals surface area contributed by atoms with Crippen LogP contribution in [-0.4, -0.2) is 25.9 Å². The van der Waals surface area contributed by atoms with Crippen LogP contribution in [0.5, 0.6) is 0 Å². The predicted molar refractivity (Wildman–Crippen MR) is 76.4 cm³/mol. The number of anilines is 1. The normalized spacial score (nSPS) is 13.0. The summed E-state index contributed by atoms with van der Waals surface area (Å²) in [6.07, 6.45) is -4.57. The molecule has 1 heterocycles. The maximum atomic E-state index is 12.6. The zero-order valence-electron chi connectivity index (χ0n) is 11.8. The van der Waals surface area contributed by atoms with E-state index >= 15 is 0 Å². The first kappa shape index (κ1) is 16.3. The molecule has 0 aliphatic carbocycles. The van der Waals surface area contributed by atoms with Gasteiger partial charge in [-0.25, -0.2) is 0 Å². The monoisotopic (exact) mass is 330 g/mol. The van der Waals surface area contributed by atoms with E-state index in [4.69, 9.17) is 0 Å². The Morgan fingerprint density at radius 3 is 2.45 bits per heavy atom. The lowest BCUT2D eigenvalue weighted by Crippen LogP contribution is -2.23. The summed E-state index contributed by atoms with van der Waals surface area (Å²) in [7, 11) is 1.22. The molecule has 1 N–H and O–H groups in total. The standard InChI is InChI=1S/C13H13F3N4OS/c1-8(10(21)17-9-6-4-3-5-7-9)22-12-19-18-11(20(12)2)13(14,15)16/h3-8H,1-2H3,(H,17,21)/t8-/m1/s1. The molecule has 0 fully saturated rings. The predicted octanol–water partition coefficient (Wildman–Crippen LogP) is 2.95. The Hall–Kier alpha value is -2.03. The smallest absolute Gasteiger partial charge is 0.325 e. The molecule has 0 aliphatic rings. The van der Waals surface area contributed by atoms with Crippen molar-refractivity contribution in [2.75, 3.05) is 5.32 Å². The van der Waals surface area contributed by atoms with Crippen LogP contribution in [0.3, 0.4) is 0 Å². The van der Waals surface area contributed by atoms with Gasteiger partial charge in [0.25, 0.3) is 0 Å². The second kappa shape index (κ2) is 6.39. The number of halogens is 3. The molecular formula is C13H13F3N4OS. The number of nitrogens with zero attached hydrogens (tertiary/aromatic N) is 3. The Balaban J connectivity index is 2.04. The van der Waals surface area contributed by atoms with Gasteiger partial charge in [0.05, 0.1) is 5.25 Å². The molecule has 0 radical (unpaired) electrons. The van der Waals surface area contributed by atoms with Gasteiger partial charge >= 0.3 is 6.18 Å². The number of para-hydroxylation sites is 1. The number of amides is 1. The van der Waals surface area contributed by atoms with E-state index in [1.807, 2.05) is 6.07 Å². The van der Waals surface area contributed by atoms with Crippen molar-refractivity contribution in [1.82, 2.24) is 14.8 Å². The van der Waals surface area contributed by atoms with Crippen molar-refractivity contribution in [2.45, 2.75) is 23.5 Å². The first-order valence-corrected chi connectivity index (χ1v) is 7.16. The fourth-order valence-corrected chi connectivity index (χ4v) is 2.46. The van der Waals surface area contributed by atoms with Gasteiger partial charge in [-0.15, -0.1) is 10.2 Å². The van der Waals surface area contributed by atoms with E-state index < -0.39 is 17.3 Å². The van der Waals surface area contributed by atoms with E-state index in [0.717, 1.165) is 16.3 Å². The molecule has 118 valence electrons. The Bertz CT molecular complexity index is 657. The molecule has 2 rings (SSSR count). The molecule has 0 saturated heterocycles. The minimum atomic E-state index is -4.57. The molecule has 5 nitrogen and oxygen atoms in total. The second-order valence-corrected chi connectivity index (χ2v) is 5.79. The lowest BCUT2D eigenvalue weighted by molar-refractivity contribution is -0.147. The van der Waals surface area contributed by atoms with Gasteiger partial charge in [0.15, 0.2) is 5.16 Å². The highest BCUT2D eigenvalue weighted by atomic mass is 32.2. The van der Waals surface area contributed by atoms with Crippen LogP contribution in [0, 0.1) is 0 Å². The van der Waals surface area contributed by atoms with Crippen molar-refractivity contribution >= 4 is 23.4 Å². The first-order chi connectivity index (χ1) is 10.3. The average Bonchev–Trinajstić information content (AvgIpc) is 2.81. The molecule has 0 bridgehead atoms. The molecule has 0 unspecified atom stereocenters. The molecular weight excluding hydrogens is 317 g/mol. The van der Waals surface area contributed by atoms with E-state index in [1.165, 1.54) is 7.05 Å². The lowest BCUT2D eigenvalue weighted by atomic mass is 10.3. The summed E-state index contributed by atoms with van der Waals surface area (Å²) < 4.78 is 38.7. The Kier molecular flexibility index (Phi) is 4.74. The highest BCUT2D eigenvalue weighted by Crippen LogP contribution is 2.30. The number of carbonyl (C=O) groups is 1. The van der Waals surface area contributed by atoms with Crippen LogP contribution in [0.4, 0.5) is 18.9 Å². The average molecular weight is 330 g/mol. The maximum Gasteiger partial charge on any atom is 0.451 e. The third kappa shape index (κ3) is 3.79. The zero-order chi connectivity index (χ0) is 16.3. The maximum absolute atomic E-state index is 12.6. The van der Waals surface area contributed by atoms with Crippen LogP contribution >= 0.6 is 11.8 Å².